The molecule has 1 aliphatic heterocycles. The van der Waals surface area contributed by atoms with Gasteiger partial charge < -0.3 is 23.4 Å². The Labute approximate surface area is 177 Å². The molecule has 0 radical (unpaired) electrons. The average molecular weight is 437 g/mol. The average Bonchev–Trinajstić information content (AvgIpc) is 2.72. The van der Waals surface area contributed by atoms with Crippen molar-refractivity contribution in [2.75, 3.05) is 31.3 Å². The first-order chi connectivity index (χ1) is 14.4. The van der Waals surface area contributed by atoms with Gasteiger partial charge in [0.05, 0.1) is 32.5 Å². The molecule has 1 aromatic rings. The van der Waals surface area contributed by atoms with Crippen molar-refractivity contribution in [2.45, 2.75) is 33.5 Å². The molecular formula is C21H28NO7P. The highest BCUT2D eigenvalue weighted by Crippen LogP contribution is 2.57. The number of benzene rings is 1. The van der Waals surface area contributed by atoms with E-state index in [4.69, 9.17) is 18.5 Å². The van der Waals surface area contributed by atoms with E-state index in [-0.39, 0.29) is 32.1 Å². The normalized spacial score (nSPS) is 16.2. The van der Waals surface area contributed by atoms with Crippen LogP contribution >= 0.6 is 7.60 Å². The van der Waals surface area contributed by atoms with Gasteiger partial charge in [-0.25, -0.2) is 9.59 Å². The minimum atomic E-state index is -3.74. The summed E-state index contributed by atoms with van der Waals surface area (Å²) in [5, 5.41) is 0. The third kappa shape index (κ3) is 5.39. The first-order valence-corrected chi connectivity index (χ1v) is 11.5. The van der Waals surface area contributed by atoms with Gasteiger partial charge in [-0.2, -0.15) is 0 Å². The third-order valence-electron chi connectivity index (χ3n) is 4.14. The molecule has 0 saturated heterocycles. The zero-order valence-corrected chi connectivity index (χ0v) is 18.6. The molecule has 1 aliphatic rings. The van der Waals surface area contributed by atoms with E-state index >= 15 is 0 Å². The first-order valence-electron chi connectivity index (χ1n) is 9.92. The number of carbonyl (C=O) groups is 2. The molecular weight excluding hydrogens is 409 g/mol. The fourth-order valence-electron chi connectivity index (χ4n) is 3.06. The molecule has 0 fully saturated rings. The maximum Gasteiger partial charge on any atom is 0.357 e. The van der Waals surface area contributed by atoms with Gasteiger partial charge in [-0.1, -0.05) is 24.3 Å². The summed E-state index contributed by atoms with van der Waals surface area (Å²) in [4.78, 5) is 26.6. The molecule has 164 valence electrons. The molecule has 2 rings (SSSR count). The van der Waals surface area contributed by atoms with Crippen LogP contribution in [0.5, 0.6) is 0 Å². The summed E-state index contributed by atoms with van der Waals surface area (Å²) in [5.41, 5.74) is 1.22. The van der Waals surface area contributed by atoms with Crippen LogP contribution in [0, 0.1) is 0 Å². The smallest absolute Gasteiger partial charge is 0.357 e. The van der Waals surface area contributed by atoms with Crippen LogP contribution in [0.4, 0.5) is 5.69 Å². The molecule has 8 nitrogen and oxygen atoms in total. The van der Waals surface area contributed by atoms with E-state index in [0.717, 1.165) is 11.6 Å². The SMILES string of the molecule is CCOC(=O)/C=C(\C(=O)OCC)N1c2ccccc2C=CC1P(=O)(OCC)OCC. The lowest BCUT2D eigenvalue weighted by molar-refractivity contribution is -0.141. The maximum absolute atomic E-state index is 13.7. The molecule has 0 amide bonds. The Morgan fingerprint density at radius 3 is 2.23 bits per heavy atom. The molecule has 1 unspecified atom stereocenters. The lowest BCUT2D eigenvalue weighted by Gasteiger charge is -2.38. The lowest BCUT2D eigenvalue weighted by Crippen LogP contribution is -2.40. The van der Waals surface area contributed by atoms with Gasteiger partial charge in [-0.3, -0.25) is 4.57 Å². The van der Waals surface area contributed by atoms with Crippen molar-refractivity contribution in [1.29, 1.82) is 0 Å². The van der Waals surface area contributed by atoms with Crippen LogP contribution in [-0.2, 0) is 32.7 Å². The van der Waals surface area contributed by atoms with Crippen molar-refractivity contribution in [3.05, 3.63) is 47.7 Å². The molecule has 30 heavy (non-hydrogen) atoms. The van der Waals surface area contributed by atoms with Crippen molar-refractivity contribution in [1.82, 2.24) is 0 Å². The van der Waals surface area contributed by atoms with Crippen LogP contribution in [0.2, 0.25) is 0 Å². The zero-order valence-electron chi connectivity index (χ0n) is 17.7. The predicted molar refractivity (Wildman–Crippen MR) is 114 cm³/mol. The number of hydrogen-bond acceptors (Lipinski definition) is 8. The highest BCUT2D eigenvalue weighted by atomic mass is 31.2. The summed E-state index contributed by atoms with van der Waals surface area (Å²) in [5.74, 6) is -2.44. The monoisotopic (exact) mass is 437 g/mol. The number of carbonyl (C=O) groups excluding carboxylic acids is 2. The molecule has 1 aromatic carbocycles. The number of para-hydroxylation sites is 1. The molecule has 1 heterocycles. The molecule has 0 spiro atoms. The van der Waals surface area contributed by atoms with Crippen molar-refractivity contribution in [2.24, 2.45) is 0 Å². The van der Waals surface area contributed by atoms with Crippen LogP contribution in [0.15, 0.2) is 42.1 Å². The van der Waals surface area contributed by atoms with E-state index in [1.165, 1.54) is 4.90 Å². The summed E-state index contributed by atoms with van der Waals surface area (Å²) < 4.78 is 34.9. The molecule has 9 heteroatoms. The molecule has 0 saturated carbocycles. The van der Waals surface area contributed by atoms with Crippen LogP contribution in [0.25, 0.3) is 6.08 Å². The Kier molecular flexibility index (Phi) is 8.84. The third-order valence-corrected chi connectivity index (χ3v) is 6.42. The zero-order chi connectivity index (χ0) is 22.1. The summed E-state index contributed by atoms with van der Waals surface area (Å²) in [6.45, 7) is 7.27. The lowest BCUT2D eigenvalue weighted by atomic mass is 10.1. The van der Waals surface area contributed by atoms with Crippen LogP contribution in [0.3, 0.4) is 0 Å². The van der Waals surface area contributed by atoms with Crippen LogP contribution < -0.4 is 4.90 Å². The highest BCUT2D eigenvalue weighted by Gasteiger charge is 2.43. The standard InChI is InChI=1S/C21H28NO7P/c1-5-26-20(23)15-18(21(24)27-6-2)22-17-12-10-9-11-16(17)13-14-19(22)30(25,28-7-3)29-8-4/h9-15,19H,5-8H2,1-4H3/b18-15+. The van der Waals surface area contributed by atoms with Gasteiger partial charge in [-0.15, -0.1) is 0 Å². The summed E-state index contributed by atoms with van der Waals surface area (Å²) in [6.07, 6.45) is 4.48. The van der Waals surface area contributed by atoms with Gasteiger partial charge >= 0.3 is 19.5 Å². The minimum Gasteiger partial charge on any atom is -0.463 e. The number of esters is 2. The predicted octanol–water partition coefficient (Wildman–Crippen LogP) is 4.12. The molecule has 0 aliphatic carbocycles. The number of anilines is 1. The Balaban J connectivity index is 2.69. The fourth-order valence-corrected chi connectivity index (χ4v) is 4.99. The first kappa shape index (κ1) is 23.9. The quantitative estimate of drug-likeness (QED) is 0.307. The molecule has 0 aromatic heterocycles. The van der Waals surface area contributed by atoms with Gasteiger partial charge in [0.25, 0.3) is 0 Å². The summed E-state index contributed by atoms with van der Waals surface area (Å²) >= 11 is 0. The molecule has 1 atom stereocenters. The van der Waals surface area contributed by atoms with Gasteiger partial charge in [0.15, 0.2) is 5.78 Å². The number of ether oxygens (including phenoxy) is 2. The maximum atomic E-state index is 13.7. The number of nitrogens with zero attached hydrogens (tertiary/aromatic N) is 1. The second kappa shape index (κ2) is 11.1. The Hall–Kier alpha value is -2.41. The second-order valence-electron chi connectivity index (χ2n) is 6.08. The number of rotatable bonds is 10. The Bertz CT molecular complexity index is 855. The minimum absolute atomic E-state index is 0.101. The molecule has 0 bridgehead atoms. The second-order valence-corrected chi connectivity index (χ2v) is 8.20. The number of fused-ring (bicyclic) bond motifs is 1. The largest absolute Gasteiger partial charge is 0.463 e. The van der Waals surface area contributed by atoms with Crippen molar-refractivity contribution < 1.29 is 32.7 Å². The van der Waals surface area contributed by atoms with Gasteiger partial charge in [0.2, 0.25) is 0 Å². The summed E-state index contributed by atoms with van der Waals surface area (Å²) in [7, 11) is -3.74. The van der Waals surface area contributed by atoms with Crippen molar-refractivity contribution in [3.8, 4) is 0 Å². The van der Waals surface area contributed by atoms with E-state index in [2.05, 4.69) is 0 Å². The fraction of sp³-hybridized carbons (Fsp3) is 0.429. The van der Waals surface area contributed by atoms with E-state index in [1.807, 2.05) is 12.1 Å². The van der Waals surface area contributed by atoms with Crippen molar-refractivity contribution >= 4 is 31.3 Å². The van der Waals surface area contributed by atoms with Crippen molar-refractivity contribution in [3.63, 3.8) is 0 Å². The van der Waals surface area contributed by atoms with E-state index in [1.54, 1.807) is 52.0 Å². The topological polar surface area (TPSA) is 91.4 Å². The highest BCUT2D eigenvalue weighted by molar-refractivity contribution is 7.55. The van der Waals surface area contributed by atoms with Gasteiger partial charge in [0.1, 0.15) is 5.70 Å². The van der Waals surface area contributed by atoms with E-state index < -0.39 is 25.3 Å². The van der Waals surface area contributed by atoms with E-state index in [0.29, 0.717) is 5.69 Å². The van der Waals surface area contributed by atoms with Crippen LogP contribution in [0.1, 0.15) is 33.3 Å². The Morgan fingerprint density at radius 2 is 1.63 bits per heavy atom. The van der Waals surface area contributed by atoms with Gasteiger partial charge in [0, 0.05) is 5.69 Å². The molecule has 0 N–H and O–H groups in total. The van der Waals surface area contributed by atoms with Crippen LogP contribution in [-0.4, -0.2) is 44.1 Å². The number of hydrogen-bond donors (Lipinski definition) is 0. The Morgan fingerprint density at radius 1 is 1.00 bits per heavy atom. The van der Waals surface area contributed by atoms with E-state index in [9.17, 15) is 14.2 Å². The van der Waals surface area contributed by atoms with Gasteiger partial charge in [-0.05, 0) is 45.4 Å². The summed E-state index contributed by atoms with van der Waals surface area (Å²) in [6, 6.07) is 7.22.